The molecule has 0 saturated carbocycles. The number of pyridine rings is 1. The molecule has 0 spiro atoms. The molecule has 5 N–H and O–H groups in total. The second kappa shape index (κ2) is 32.1. The maximum atomic E-state index is 14.1. The highest BCUT2D eigenvalue weighted by Gasteiger charge is 2.44. The minimum absolute atomic E-state index is 0.0411. The quantitative estimate of drug-likeness (QED) is 0.0299. The van der Waals surface area contributed by atoms with E-state index in [0.29, 0.717) is 45.2 Å². The molecule has 4 fully saturated rings. The number of β-amino-alcohol motifs (C(OH)–C–C–N with tert-alkyl or cyclic N) is 1. The van der Waals surface area contributed by atoms with Crippen LogP contribution in [0.2, 0.25) is 0 Å². The van der Waals surface area contributed by atoms with Gasteiger partial charge in [0.25, 0.3) is 0 Å². The van der Waals surface area contributed by atoms with E-state index in [9.17, 15) is 24.3 Å². The molecule has 4 aromatic rings. The predicted octanol–water partition coefficient (Wildman–Crippen LogP) is 8.86. The number of likely N-dealkylation sites (tertiary alicyclic amines) is 3. The number of nitrogens with zero attached hydrogens (tertiary/aromatic N) is 6. The number of amides is 4. The van der Waals surface area contributed by atoms with Crippen LogP contribution in [-0.2, 0) is 30.5 Å². The zero-order valence-electron chi connectivity index (χ0n) is 50.5. The van der Waals surface area contributed by atoms with Gasteiger partial charge in [-0.25, -0.2) is 9.97 Å². The summed E-state index contributed by atoms with van der Waals surface area (Å²) >= 11 is 1.59. The van der Waals surface area contributed by atoms with Crippen molar-refractivity contribution in [3.05, 3.63) is 59.2 Å². The van der Waals surface area contributed by atoms with Crippen molar-refractivity contribution in [3.63, 3.8) is 0 Å². The number of methoxy groups -OCH3 is 1. The van der Waals surface area contributed by atoms with E-state index in [2.05, 4.69) is 53.1 Å². The van der Waals surface area contributed by atoms with Crippen molar-refractivity contribution in [3.8, 4) is 21.9 Å². The van der Waals surface area contributed by atoms with Gasteiger partial charge in [0.05, 0.1) is 54.6 Å². The van der Waals surface area contributed by atoms with Crippen LogP contribution >= 0.6 is 11.3 Å². The lowest BCUT2D eigenvalue weighted by molar-refractivity contribution is -0.144. The molecule has 0 unspecified atom stereocenters. The predicted molar refractivity (Wildman–Crippen MR) is 330 cm³/mol. The molecule has 4 amide bonds. The number of carbonyl (C=O) groups is 4. The van der Waals surface area contributed by atoms with E-state index in [0.717, 1.165) is 185 Å². The second-order valence-corrected chi connectivity index (χ2v) is 25.3. The lowest BCUT2D eigenvalue weighted by Crippen LogP contribution is -2.57. The van der Waals surface area contributed by atoms with Gasteiger partial charge in [0.1, 0.15) is 17.9 Å². The van der Waals surface area contributed by atoms with Crippen molar-refractivity contribution >= 4 is 57.4 Å². The monoisotopic (exact) mass is 1160 g/mol. The van der Waals surface area contributed by atoms with Crippen molar-refractivity contribution in [1.29, 1.82) is 0 Å². The van der Waals surface area contributed by atoms with Crippen molar-refractivity contribution in [2.24, 2.45) is 5.41 Å². The molecule has 456 valence electrons. The van der Waals surface area contributed by atoms with Gasteiger partial charge in [0.2, 0.25) is 23.6 Å². The third kappa shape index (κ3) is 19.2. The van der Waals surface area contributed by atoms with Gasteiger partial charge in [-0.3, -0.25) is 19.2 Å². The van der Waals surface area contributed by atoms with Crippen LogP contribution in [0.1, 0.15) is 148 Å². The van der Waals surface area contributed by atoms with Crippen molar-refractivity contribution in [2.75, 3.05) is 103 Å². The van der Waals surface area contributed by atoms with Gasteiger partial charge >= 0.3 is 0 Å². The Balaban J connectivity index is 0.652. The number of aryl methyl sites for hydroxylation is 1. The smallest absolute Gasteiger partial charge is 0.246 e. The number of unbranched alkanes of at least 4 members (excludes halogenated alkanes) is 8. The highest BCUT2D eigenvalue weighted by molar-refractivity contribution is 7.13. The summed E-state index contributed by atoms with van der Waals surface area (Å²) in [5.74, 6) is 1.70. The standard InChI is InChI=1S/C64H96N10O8S/c1-46-60(83-45-67-46)48-23-21-47(22-24-48)43-66-62(78)54-39-50(75)44-74(54)63(79)61(64(2,3)4)70-59(77)19-13-11-9-7-6-8-10-12-14-27-65-58(76)20-17-30-72-32-25-49(26-33-72)68-53-42-57(73-34-37-81-38-35-73)69-52-41-56(55(80-5)40-51(52)53)82-36-18-31-71-28-15-16-29-71/h21-24,40-42,45,49-50,54,61,75H,6-20,25-39,43-44H2,1-5H3,(H,65,76)(H,66,78)(H,68,69)(H,70,77)/t50-,54+,61-/m1/s1. The van der Waals surface area contributed by atoms with Crippen LogP contribution in [-0.4, -0.2) is 170 Å². The van der Waals surface area contributed by atoms with Gasteiger partial charge in [0.15, 0.2) is 11.5 Å². The lowest BCUT2D eigenvalue weighted by atomic mass is 9.85. The molecule has 19 heteroatoms. The molecule has 0 radical (unpaired) electrons. The molecule has 6 heterocycles. The van der Waals surface area contributed by atoms with Crippen LogP contribution in [0.4, 0.5) is 11.5 Å². The van der Waals surface area contributed by atoms with Gasteiger partial charge in [0, 0.05) is 101 Å². The third-order valence-corrected chi connectivity index (χ3v) is 17.9. The zero-order chi connectivity index (χ0) is 58.6. The van der Waals surface area contributed by atoms with Crippen LogP contribution in [0.5, 0.6) is 11.5 Å². The first kappa shape index (κ1) is 63.4. The average Bonchev–Trinajstić information content (AvgIpc) is 3.32. The van der Waals surface area contributed by atoms with Crippen LogP contribution < -0.4 is 35.6 Å². The molecule has 4 aliphatic rings. The summed E-state index contributed by atoms with van der Waals surface area (Å²) in [5, 5.41) is 24.7. The van der Waals surface area contributed by atoms with Gasteiger partial charge in [-0.05, 0) is 101 Å². The first-order chi connectivity index (χ1) is 40.2. The summed E-state index contributed by atoms with van der Waals surface area (Å²) in [6.07, 6.45) is 16.0. The summed E-state index contributed by atoms with van der Waals surface area (Å²) in [5.41, 5.74) is 6.16. The molecule has 4 saturated heterocycles. The summed E-state index contributed by atoms with van der Waals surface area (Å²) in [6.45, 7) is 18.7. The van der Waals surface area contributed by atoms with E-state index in [1.165, 1.54) is 30.8 Å². The molecule has 0 aliphatic carbocycles. The topological polar surface area (TPSA) is 203 Å². The van der Waals surface area contributed by atoms with Gasteiger partial charge < -0.3 is 60.2 Å². The number of aromatic nitrogens is 2. The Hall–Kier alpha value is -5.60. The number of morpholine rings is 1. The molecule has 2 aromatic carbocycles. The van der Waals surface area contributed by atoms with E-state index in [-0.39, 0.29) is 36.6 Å². The number of nitrogens with one attached hydrogen (secondary N) is 4. The molecule has 3 atom stereocenters. The number of ether oxygens (including phenoxy) is 3. The number of thiazole rings is 1. The molecule has 83 heavy (non-hydrogen) atoms. The molecular weight excluding hydrogens is 1070 g/mol. The number of benzene rings is 2. The van der Waals surface area contributed by atoms with Crippen molar-refractivity contribution < 1.29 is 38.5 Å². The highest BCUT2D eigenvalue weighted by Crippen LogP contribution is 2.38. The number of rotatable bonds is 31. The Morgan fingerprint density at radius 1 is 0.795 bits per heavy atom. The Morgan fingerprint density at radius 3 is 2.16 bits per heavy atom. The van der Waals surface area contributed by atoms with Crippen LogP contribution in [0.25, 0.3) is 21.3 Å². The number of fused-ring (bicyclic) bond motifs is 1. The van der Waals surface area contributed by atoms with E-state index in [1.807, 2.05) is 63.5 Å². The Morgan fingerprint density at radius 2 is 1.47 bits per heavy atom. The number of aliphatic hydroxyl groups excluding tert-OH is 1. The van der Waals surface area contributed by atoms with E-state index in [1.54, 1.807) is 18.4 Å². The van der Waals surface area contributed by atoms with E-state index in [4.69, 9.17) is 19.2 Å². The van der Waals surface area contributed by atoms with Gasteiger partial charge in [-0.1, -0.05) is 90.0 Å². The highest BCUT2D eigenvalue weighted by atomic mass is 32.1. The molecule has 18 nitrogen and oxygen atoms in total. The SMILES string of the molecule is COc1cc2c(NC3CCN(CCCC(=O)NCCCCCCCCCCCC(=O)N[C@H](C(=O)N4C[C@H](O)C[C@H]4C(=O)NCc4ccc(-c5scnc5C)cc4)C(C)(C)C)CC3)cc(N3CCOCC3)nc2cc1OCCCN1CCCC1. The van der Waals surface area contributed by atoms with Crippen molar-refractivity contribution in [1.82, 2.24) is 40.6 Å². The maximum Gasteiger partial charge on any atom is 0.246 e. The lowest BCUT2D eigenvalue weighted by Gasteiger charge is -2.35. The summed E-state index contributed by atoms with van der Waals surface area (Å²) in [7, 11) is 1.71. The summed E-state index contributed by atoms with van der Waals surface area (Å²) in [4.78, 5) is 72.9. The Kier molecular flexibility index (Phi) is 24.5. The fraction of sp³-hybridized carbons (Fsp3) is 0.656. The fourth-order valence-corrected chi connectivity index (χ4v) is 12.8. The average molecular weight is 1170 g/mol. The fourth-order valence-electron chi connectivity index (χ4n) is 12.0. The minimum atomic E-state index is -0.839. The first-order valence-corrected chi connectivity index (χ1v) is 32.1. The first-order valence-electron chi connectivity index (χ1n) is 31.2. The number of hydrogen-bond acceptors (Lipinski definition) is 15. The normalized spacial score (nSPS) is 18.6. The van der Waals surface area contributed by atoms with Crippen LogP contribution in [0, 0.1) is 12.3 Å². The second-order valence-electron chi connectivity index (χ2n) is 24.5. The summed E-state index contributed by atoms with van der Waals surface area (Å²) in [6, 6.07) is 13.0. The van der Waals surface area contributed by atoms with E-state index < -0.39 is 23.6 Å². The zero-order valence-corrected chi connectivity index (χ0v) is 51.3. The Labute approximate surface area is 497 Å². The molecule has 4 aliphatic heterocycles. The maximum absolute atomic E-state index is 14.1. The van der Waals surface area contributed by atoms with E-state index >= 15 is 0 Å². The minimum Gasteiger partial charge on any atom is -0.493 e. The molecular formula is C64H96N10O8S. The van der Waals surface area contributed by atoms with Gasteiger partial charge in [-0.2, -0.15) is 0 Å². The summed E-state index contributed by atoms with van der Waals surface area (Å²) < 4.78 is 17.9. The molecule has 0 bridgehead atoms. The van der Waals surface area contributed by atoms with Crippen LogP contribution in [0.15, 0.2) is 48.0 Å². The van der Waals surface area contributed by atoms with Crippen molar-refractivity contribution in [2.45, 2.75) is 174 Å². The number of aliphatic hydroxyl groups is 1. The molecule has 2 aromatic heterocycles. The number of anilines is 2. The van der Waals surface area contributed by atoms with Crippen LogP contribution in [0.3, 0.4) is 0 Å². The van der Waals surface area contributed by atoms with Gasteiger partial charge in [-0.15, -0.1) is 11.3 Å². The number of piperidine rings is 1. The molecule has 8 rings (SSSR count). The number of hydrogen-bond donors (Lipinski definition) is 5. The Bertz CT molecular complexity index is 2680. The largest absolute Gasteiger partial charge is 0.493 e. The third-order valence-electron chi connectivity index (χ3n) is 16.9. The number of carbonyl (C=O) groups excluding carboxylic acids is 4.